The predicted octanol–water partition coefficient (Wildman–Crippen LogP) is 2.88. The van der Waals surface area contributed by atoms with Crippen molar-refractivity contribution in [3.8, 4) is 11.5 Å². The van der Waals surface area contributed by atoms with Gasteiger partial charge in [0.05, 0.1) is 12.2 Å². The lowest BCUT2D eigenvalue weighted by Gasteiger charge is -2.06. The number of hydrogen-bond acceptors (Lipinski definition) is 5. The van der Waals surface area contributed by atoms with Gasteiger partial charge in [-0.1, -0.05) is 6.07 Å². The highest BCUT2D eigenvalue weighted by molar-refractivity contribution is 7.09. The Morgan fingerprint density at radius 1 is 1.36 bits per heavy atom. The van der Waals surface area contributed by atoms with Crippen LogP contribution >= 0.6 is 11.3 Å². The molecule has 1 aliphatic rings. The zero-order valence-corrected chi connectivity index (χ0v) is 14.7. The van der Waals surface area contributed by atoms with Crippen molar-refractivity contribution in [1.29, 1.82) is 0 Å². The number of carbonyl (C=O) groups is 1. The zero-order valence-electron chi connectivity index (χ0n) is 13.8. The number of methoxy groups -OCH3 is 1. The molecule has 1 aromatic heterocycles. The molecule has 2 heterocycles. The van der Waals surface area contributed by atoms with Gasteiger partial charge in [-0.25, -0.2) is 0 Å². The minimum atomic E-state index is -3.78. The minimum absolute atomic E-state index is 0.0725. The van der Waals surface area contributed by atoms with Gasteiger partial charge >= 0.3 is 6.29 Å². The van der Waals surface area contributed by atoms with E-state index in [9.17, 15) is 13.6 Å². The molecule has 25 heavy (non-hydrogen) atoms. The number of para-hydroxylation sites is 1. The highest BCUT2D eigenvalue weighted by Gasteiger charge is 2.45. The molecule has 1 aliphatic heterocycles. The second-order valence-electron chi connectivity index (χ2n) is 5.39. The average molecular weight is 370 g/mol. The molecule has 6 nitrogen and oxygen atoms in total. The van der Waals surface area contributed by atoms with Crippen molar-refractivity contribution in [3.63, 3.8) is 0 Å². The van der Waals surface area contributed by atoms with Crippen molar-refractivity contribution in [2.75, 3.05) is 13.7 Å². The standard InChI is InChI=1S/C16H16F2N2O4S/c1-9-10(2)25-15(20(9)7-8-22-3)19-14(21)11-5-4-6-12-13(11)24-16(17,18)23-12/h4-6H,7-8H2,1-3H3. The molecule has 1 amide bonds. The van der Waals surface area contributed by atoms with Crippen LogP contribution in [0.4, 0.5) is 8.78 Å². The minimum Gasteiger partial charge on any atom is -0.395 e. The van der Waals surface area contributed by atoms with Gasteiger partial charge in [-0.05, 0) is 26.0 Å². The molecule has 1 aromatic carbocycles. The first-order chi connectivity index (χ1) is 11.8. The average Bonchev–Trinajstić information content (AvgIpc) is 3.00. The Kier molecular flexibility index (Phi) is 4.61. The third-order valence-electron chi connectivity index (χ3n) is 3.76. The van der Waals surface area contributed by atoms with Crippen LogP contribution in [0.2, 0.25) is 0 Å². The van der Waals surface area contributed by atoms with E-state index in [-0.39, 0.29) is 17.1 Å². The maximum Gasteiger partial charge on any atom is 0.586 e. The Morgan fingerprint density at radius 2 is 2.12 bits per heavy atom. The molecule has 0 saturated heterocycles. The number of alkyl halides is 2. The van der Waals surface area contributed by atoms with Crippen LogP contribution < -0.4 is 14.3 Å². The summed E-state index contributed by atoms with van der Waals surface area (Å²) >= 11 is 1.35. The Hall–Kier alpha value is -2.26. The molecule has 0 spiro atoms. The molecule has 0 aliphatic carbocycles. The Morgan fingerprint density at radius 3 is 2.84 bits per heavy atom. The summed E-state index contributed by atoms with van der Waals surface area (Å²) < 4.78 is 42.3. The van der Waals surface area contributed by atoms with Gasteiger partial charge in [0.1, 0.15) is 0 Å². The van der Waals surface area contributed by atoms with E-state index < -0.39 is 12.2 Å². The molecular weight excluding hydrogens is 354 g/mol. The zero-order chi connectivity index (χ0) is 18.2. The van der Waals surface area contributed by atoms with Crippen molar-refractivity contribution in [2.24, 2.45) is 4.99 Å². The monoisotopic (exact) mass is 370 g/mol. The van der Waals surface area contributed by atoms with Gasteiger partial charge in [-0.15, -0.1) is 20.1 Å². The summed E-state index contributed by atoms with van der Waals surface area (Å²) in [5.41, 5.74) is 0.898. The van der Waals surface area contributed by atoms with Crippen LogP contribution in [0, 0.1) is 13.8 Å². The molecule has 0 N–H and O–H groups in total. The van der Waals surface area contributed by atoms with Crippen LogP contribution in [0.15, 0.2) is 23.2 Å². The fourth-order valence-corrected chi connectivity index (χ4v) is 3.41. The number of hydrogen-bond donors (Lipinski definition) is 0. The van der Waals surface area contributed by atoms with Crippen molar-refractivity contribution in [1.82, 2.24) is 4.57 Å². The quantitative estimate of drug-likeness (QED) is 0.830. The third-order valence-corrected chi connectivity index (χ3v) is 4.86. The van der Waals surface area contributed by atoms with Crippen LogP contribution in [0.1, 0.15) is 20.9 Å². The van der Waals surface area contributed by atoms with E-state index in [0.717, 1.165) is 10.6 Å². The van der Waals surface area contributed by atoms with Gasteiger partial charge in [0.15, 0.2) is 16.3 Å². The summed E-state index contributed by atoms with van der Waals surface area (Å²) in [5.74, 6) is -1.16. The topological polar surface area (TPSA) is 62.1 Å². The lowest BCUT2D eigenvalue weighted by Crippen LogP contribution is -2.26. The van der Waals surface area contributed by atoms with Crippen LogP contribution in [0.5, 0.6) is 11.5 Å². The Bertz CT molecular complexity index is 889. The highest BCUT2D eigenvalue weighted by Crippen LogP contribution is 2.43. The molecule has 2 aromatic rings. The number of halogens is 2. The van der Waals surface area contributed by atoms with Crippen LogP contribution in [0.25, 0.3) is 0 Å². The first kappa shape index (κ1) is 17.6. The normalized spacial score (nSPS) is 15.6. The maximum absolute atomic E-state index is 13.3. The first-order valence-electron chi connectivity index (χ1n) is 7.46. The lowest BCUT2D eigenvalue weighted by atomic mass is 10.2. The SMILES string of the molecule is COCCn1c(C)c(C)sc1=NC(=O)c1cccc2c1OC(F)(F)O2. The predicted molar refractivity (Wildman–Crippen MR) is 86.2 cm³/mol. The molecule has 0 atom stereocenters. The summed E-state index contributed by atoms with van der Waals surface area (Å²) in [6.45, 7) is 4.83. The van der Waals surface area contributed by atoms with Gasteiger partial charge in [-0.2, -0.15) is 4.99 Å². The molecule has 0 fully saturated rings. The second-order valence-corrected chi connectivity index (χ2v) is 6.57. The van der Waals surface area contributed by atoms with E-state index in [2.05, 4.69) is 14.5 Å². The van der Waals surface area contributed by atoms with E-state index in [4.69, 9.17) is 4.74 Å². The number of aromatic nitrogens is 1. The van der Waals surface area contributed by atoms with Gasteiger partial charge in [-0.3, -0.25) is 4.79 Å². The Balaban J connectivity index is 2.01. The molecular formula is C16H16F2N2O4S. The van der Waals surface area contributed by atoms with E-state index in [1.54, 1.807) is 7.11 Å². The fourth-order valence-electron chi connectivity index (χ4n) is 2.41. The maximum atomic E-state index is 13.3. The van der Waals surface area contributed by atoms with Gasteiger partial charge in [0, 0.05) is 24.2 Å². The number of thiazole rings is 1. The van der Waals surface area contributed by atoms with Gasteiger partial charge < -0.3 is 18.8 Å². The van der Waals surface area contributed by atoms with Crippen LogP contribution in [-0.4, -0.2) is 30.5 Å². The van der Waals surface area contributed by atoms with Crippen LogP contribution in [0.3, 0.4) is 0 Å². The van der Waals surface area contributed by atoms with Crippen molar-refractivity contribution in [2.45, 2.75) is 26.7 Å². The summed E-state index contributed by atoms with van der Waals surface area (Å²) in [6.07, 6.45) is -3.78. The number of ether oxygens (including phenoxy) is 3. The van der Waals surface area contributed by atoms with Gasteiger partial charge in [0.2, 0.25) is 0 Å². The van der Waals surface area contributed by atoms with E-state index >= 15 is 0 Å². The van der Waals surface area contributed by atoms with Crippen LogP contribution in [-0.2, 0) is 11.3 Å². The number of amides is 1. The number of nitrogens with zero attached hydrogens (tertiary/aromatic N) is 2. The smallest absolute Gasteiger partial charge is 0.395 e. The first-order valence-corrected chi connectivity index (χ1v) is 8.27. The lowest BCUT2D eigenvalue weighted by molar-refractivity contribution is -0.286. The molecule has 134 valence electrons. The molecule has 3 rings (SSSR count). The number of carbonyl (C=O) groups excluding carboxylic acids is 1. The van der Waals surface area contributed by atoms with E-state index in [0.29, 0.717) is 18.0 Å². The Labute approximate surface area is 146 Å². The van der Waals surface area contributed by atoms with Crippen molar-refractivity contribution in [3.05, 3.63) is 39.1 Å². The number of aryl methyl sites for hydroxylation is 1. The number of benzene rings is 1. The summed E-state index contributed by atoms with van der Waals surface area (Å²) in [7, 11) is 1.59. The third kappa shape index (κ3) is 3.42. The fraction of sp³-hybridized carbons (Fsp3) is 0.375. The van der Waals surface area contributed by atoms with E-state index in [1.165, 1.54) is 29.5 Å². The van der Waals surface area contributed by atoms with E-state index in [1.807, 2.05) is 18.4 Å². The molecule has 9 heteroatoms. The highest BCUT2D eigenvalue weighted by atomic mass is 32.1. The molecule has 0 bridgehead atoms. The largest absolute Gasteiger partial charge is 0.586 e. The molecule has 0 unspecified atom stereocenters. The van der Waals surface area contributed by atoms with Crippen molar-refractivity contribution >= 4 is 17.2 Å². The number of rotatable bonds is 4. The summed E-state index contributed by atoms with van der Waals surface area (Å²) in [6, 6.07) is 4.13. The second kappa shape index (κ2) is 6.57. The van der Waals surface area contributed by atoms with Gasteiger partial charge in [0.25, 0.3) is 5.91 Å². The summed E-state index contributed by atoms with van der Waals surface area (Å²) in [5, 5.41) is 0. The summed E-state index contributed by atoms with van der Waals surface area (Å²) in [4.78, 5) is 18.1. The number of fused-ring (bicyclic) bond motifs is 1. The molecule has 0 saturated carbocycles. The molecule has 0 radical (unpaired) electrons. The van der Waals surface area contributed by atoms with Crippen molar-refractivity contribution < 1.29 is 27.8 Å².